The maximum absolute atomic E-state index is 14.6. The molecule has 4 heterocycles. The van der Waals surface area contributed by atoms with E-state index in [0.29, 0.717) is 41.3 Å². The summed E-state index contributed by atoms with van der Waals surface area (Å²) in [6.07, 6.45) is 5.70. The Balaban J connectivity index is 1.34. The molecule has 172 valence electrons. The highest BCUT2D eigenvalue weighted by Crippen LogP contribution is 2.31. The predicted octanol–water partition coefficient (Wildman–Crippen LogP) is 4.22. The second-order valence-corrected chi connectivity index (χ2v) is 8.12. The van der Waals surface area contributed by atoms with Crippen LogP contribution in [0, 0.1) is 17.1 Å². The third-order valence-corrected chi connectivity index (χ3v) is 6.08. The smallest absolute Gasteiger partial charge is 0.147 e. The third-order valence-electron chi connectivity index (χ3n) is 6.08. The molecule has 4 aromatic rings. The van der Waals surface area contributed by atoms with E-state index in [2.05, 4.69) is 37.3 Å². The van der Waals surface area contributed by atoms with Gasteiger partial charge in [-0.2, -0.15) is 5.26 Å². The van der Waals surface area contributed by atoms with Crippen LogP contribution in [0.4, 0.5) is 16.0 Å². The average Bonchev–Trinajstić information content (AvgIpc) is 3.54. The Morgan fingerprint density at radius 3 is 2.76 bits per heavy atom. The van der Waals surface area contributed by atoms with Crippen LogP contribution in [0.5, 0.6) is 5.75 Å². The Bertz CT molecular complexity index is 1370. The van der Waals surface area contributed by atoms with Gasteiger partial charge in [-0.25, -0.2) is 19.3 Å². The van der Waals surface area contributed by atoms with Crippen molar-refractivity contribution >= 4 is 22.5 Å². The Morgan fingerprint density at radius 2 is 1.97 bits per heavy atom. The number of pyridine rings is 1. The van der Waals surface area contributed by atoms with Crippen LogP contribution in [-0.2, 0) is 6.54 Å². The molecule has 9 heteroatoms. The van der Waals surface area contributed by atoms with Crippen LogP contribution in [0.15, 0.2) is 48.9 Å². The topological polar surface area (TPSA) is 91.9 Å². The number of fused-ring (bicyclic) bond motifs is 1. The van der Waals surface area contributed by atoms with E-state index in [1.165, 1.54) is 32.3 Å². The molecule has 1 aliphatic rings. The summed E-state index contributed by atoms with van der Waals surface area (Å²) >= 11 is 0. The van der Waals surface area contributed by atoms with Crippen molar-refractivity contribution in [2.24, 2.45) is 0 Å². The van der Waals surface area contributed by atoms with Gasteiger partial charge in [-0.1, -0.05) is 0 Å². The van der Waals surface area contributed by atoms with E-state index in [9.17, 15) is 9.65 Å². The Morgan fingerprint density at radius 1 is 1.12 bits per heavy atom. The lowest BCUT2D eigenvalue weighted by atomic mass is 10.2. The molecule has 0 radical (unpaired) electrons. The van der Waals surface area contributed by atoms with Crippen LogP contribution in [0.2, 0.25) is 0 Å². The van der Waals surface area contributed by atoms with Crippen molar-refractivity contribution in [3.05, 3.63) is 60.4 Å². The van der Waals surface area contributed by atoms with Gasteiger partial charge in [-0.15, -0.1) is 0 Å². The van der Waals surface area contributed by atoms with Crippen molar-refractivity contribution in [2.45, 2.75) is 19.4 Å². The quantitative estimate of drug-likeness (QED) is 0.444. The number of nitrogens with zero attached hydrogens (tertiary/aromatic N) is 6. The van der Waals surface area contributed by atoms with Gasteiger partial charge in [-0.3, -0.25) is 0 Å². The minimum absolute atomic E-state index is 0.354. The summed E-state index contributed by atoms with van der Waals surface area (Å²) in [5.41, 5.74) is 2.49. The van der Waals surface area contributed by atoms with E-state index in [-0.39, 0.29) is 0 Å². The Kier molecular flexibility index (Phi) is 5.95. The normalized spacial score (nSPS) is 13.3. The number of benzene rings is 1. The summed E-state index contributed by atoms with van der Waals surface area (Å²) in [5.74, 6) is 1.75. The first-order valence-corrected chi connectivity index (χ1v) is 11.2. The summed E-state index contributed by atoms with van der Waals surface area (Å²) in [7, 11) is 1.53. The van der Waals surface area contributed by atoms with Gasteiger partial charge >= 0.3 is 0 Å². The maximum atomic E-state index is 14.6. The highest BCUT2D eigenvalue weighted by molar-refractivity contribution is 5.88. The van der Waals surface area contributed by atoms with Gasteiger partial charge in [0.25, 0.3) is 0 Å². The van der Waals surface area contributed by atoms with Gasteiger partial charge in [0.2, 0.25) is 0 Å². The van der Waals surface area contributed by atoms with Crippen molar-refractivity contribution in [3.8, 4) is 23.1 Å². The van der Waals surface area contributed by atoms with Crippen LogP contribution in [-0.4, -0.2) is 46.3 Å². The lowest BCUT2D eigenvalue weighted by Gasteiger charge is -2.16. The van der Waals surface area contributed by atoms with Gasteiger partial charge in [0.05, 0.1) is 18.3 Å². The predicted molar refractivity (Wildman–Crippen MR) is 128 cm³/mol. The van der Waals surface area contributed by atoms with Gasteiger partial charge < -0.3 is 19.5 Å². The monoisotopic (exact) mass is 457 g/mol. The number of nitriles is 1. The molecule has 0 atom stereocenters. The summed E-state index contributed by atoms with van der Waals surface area (Å²) in [4.78, 5) is 15.5. The first-order chi connectivity index (χ1) is 16.7. The Hall–Kier alpha value is -4.19. The van der Waals surface area contributed by atoms with Gasteiger partial charge in [0.15, 0.2) is 0 Å². The van der Waals surface area contributed by atoms with Crippen molar-refractivity contribution in [3.63, 3.8) is 0 Å². The molecule has 1 aromatic carbocycles. The standard InChI is InChI=1S/C25H24FN7O/c1-34-22-5-4-20(26)25-19(22)13-18(15-27)33(25)11-8-28-23-14-21(30-16-31-23)17-6-7-29-24(12-17)32-9-2-3-10-32/h4-7,12-14,16H,2-3,8-11H2,1H3,(H,28,30,31). The average molecular weight is 458 g/mol. The molecule has 1 saturated heterocycles. The van der Waals surface area contributed by atoms with E-state index in [1.807, 2.05) is 18.3 Å². The van der Waals surface area contributed by atoms with E-state index in [1.54, 1.807) is 16.7 Å². The largest absolute Gasteiger partial charge is 0.496 e. The molecule has 8 nitrogen and oxygen atoms in total. The van der Waals surface area contributed by atoms with Crippen LogP contribution in [0.3, 0.4) is 0 Å². The first-order valence-electron chi connectivity index (χ1n) is 11.2. The molecule has 0 unspecified atom stereocenters. The first kappa shape index (κ1) is 21.6. The van der Waals surface area contributed by atoms with Crippen molar-refractivity contribution in [1.29, 1.82) is 5.26 Å². The molecule has 34 heavy (non-hydrogen) atoms. The van der Waals surface area contributed by atoms with Crippen molar-refractivity contribution < 1.29 is 9.13 Å². The number of methoxy groups -OCH3 is 1. The number of rotatable bonds is 7. The molecule has 0 amide bonds. The van der Waals surface area contributed by atoms with Crippen LogP contribution in [0.25, 0.3) is 22.2 Å². The van der Waals surface area contributed by atoms with E-state index in [4.69, 9.17) is 4.74 Å². The number of hydrogen-bond donors (Lipinski definition) is 1. The molecule has 1 N–H and O–H groups in total. The van der Waals surface area contributed by atoms with Gasteiger partial charge in [0.1, 0.15) is 41.3 Å². The molecule has 0 spiro atoms. The number of aromatic nitrogens is 4. The molecule has 3 aromatic heterocycles. The molecule has 1 fully saturated rings. The molecule has 1 aliphatic heterocycles. The van der Waals surface area contributed by atoms with E-state index < -0.39 is 5.82 Å². The minimum Gasteiger partial charge on any atom is -0.496 e. The fourth-order valence-corrected chi connectivity index (χ4v) is 4.42. The van der Waals surface area contributed by atoms with E-state index >= 15 is 0 Å². The van der Waals surface area contributed by atoms with Crippen LogP contribution >= 0.6 is 0 Å². The zero-order chi connectivity index (χ0) is 23.5. The molecule has 5 rings (SSSR count). The highest BCUT2D eigenvalue weighted by Gasteiger charge is 2.17. The third kappa shape index (κ3) is 4.10. The fourth-order valence-electron chi connectivity index (χ4n) is 4.42. The van der Waals surface area contributed by atoms with Crippen LogP contribution < -0.4 is 15.0 Å². The fraction of sp³-hybridized carbons (Fsp3) is 0.280. The molecule has 0 bridgehead atoms. The molecule has 0 saturated carbocycles. The number of ether oxygens (including phenoxy) is 1. The van der Waals surface area contributed by atoms with Gasteiger partial charge in [-0.05, 0) is 43.2 Å². The minimum atomic E-state index is -0.395. The summed E-state index contributed by atoms with van der Waals surface area (Å²) in [5, 5.41) is 13.4. The molecular weight excluding hydrogens is 433 g/mol. The van der Waals surface area contributed by atoms with Crippen LogP contribution in [0.1, 0.15) is 18.5 Å². The Labute approximate surface area is 196 Å². The highest BCUT2D eigenvalue weighted by atomic mass is 19.1. The van der Waals surface area contributed by atoms with E-state index in [0.717, 1.165) is 30.2 Å². The molecule has 0 aliphatic carbocycles. The lowest BCUT2D eigenvalue weighted by molar-refractivity contribution is 0.419. The zero-order valence-electron chi connectivity index (χ0n) is 18.8. The van der Waals surface area contributed by atoms with Crippen molar-refractivity contribution in [2.75, 3.05) is 37.0 Å². The lowest BCUT2D eigenvalue weighted by Crippen LogP contribution is -2.18. The number of halogens is 1. The number of anilines is 2. The van der Waals surface area contributed by atoms with Crippen molar-refractivity contribution in [1.82, 2.24) is 19.5 Å². The summed E-state index contributed by atoms with van der Waals surface area (Å²) in [6, 6.07) is 12.6. The second-order valence-electron chi connectivity index (χ2n) is 8.12. The second kappa shape index (κ2) is 9.35. The number of nitrogens with one attached hydrogen (secondary N) is 1. The SMILES string of the molecule is COc1ccc(F)c2c1cc(C#N)n2CCNc1cc(-c2ccnc(N3CCCC3)c2)ncn1. The zero-order valence-corrected chi connectivity index (χ0v) is 18.8. The maximum Gasteiger partial charge on any atom is 0.147 e. The van der Waals surface area contributed by atoms with Gasteiger partial charge in [0, 0.05) is 49.4 Å². The number of hydrogen-bond acceptors (Lipinski definition) is 7. The summed E-state index contributed by atoms with van der Waals surface area (Å²) < 4.78 is 21.6. The molecular formula is C25H24FN7O. The summed E-state index contributed by atoms with van der Waals surface area (Å²) in [6.45, 7) is 2.88.